The summed E-state index contributed by atoms with van der Waals surface area (Å²) in [5.74, 6) is 0.940. The van der Waals surface area contributed by atoms with Crippen LogP contribution in [-0.2, 0) is 6.54 Å². The molecule has 0 unspecified atom stereocenters. The van der Waals surface area contributed by atoms with Gasteiger partial charge in [-0.3, -0.25) is 0 Å². The normalized spacial score (nSPS) is 10.4. The highest BCUT2D eigenvalue weighted by molar-refractivity contribution is 7.80. The standard InChI is InChI=1S/C18H20F2N2O2S/c1-3-23-15-8-4-13(5-9-15)12-22(2)18(25)21-14-6-10-16(11-7-14)24-17(19)20/h4-11,17H,3,12H2,1-2H3,(H,21,25). The number of nitrogens with zero attached hydrogens (tertiary/aromatic N) is 1. The van der Waals surface area contributed by atoms with Gasteiger partial charge in [0.1, 0.15) is 11.5 Å². The van der Waals surface area contributed by atoms with Gasteiger partial charge in [0.15, 0.2) is 5.11 Å². The van der Waals surface area contributed by atoms with E-state index in [0.29, 0.717) is 24.0 Å². The fourth-order valence-corrected chi connectivity index (χ4v) is 2.32. The molecule has 25 heavy (non-hydrogen) atoms. The molecule has 0 heterocycles. The minimum absolute atomic E-state index is 0.106. The van der Waals surface area contributed by atoms with Crippen molar-refractivity contribution in [2.24, 2.45) is 0 Å². The summed E-state index contributed by atoms with van der Waals surface area (Å²) in [4.78, 5) is 1.88. The highest BCUT2D eigenvalue weighted by atomic mass is 32.1. The van der Waals surface area contributed by atoms with Gasteiger partial charge in [0, 0.05) is 19.3 Å². The zero-order valence-electron chi connectivity index (χ0n) is 14.0. The molecule has 0 spiro atoms. The highest BCUT2D eigenvalue weighted by Gasteiger charge is 2.07. The predicted octanol–water partition coefficient (Wildman–Crippen LogP) is 4.52. The molecule has 7 heteroatoms. The largest absolute Gasteiger partial charge is 0.494 e. The van der Waals surface area contributed by atoms with Gasteiger partial charge in [-0.05, 0) is 61.1 Å². The number of hydrogen-bond donors (Lipinski definition) is 1. The number of hydrogen-bond acceptors (Lipinski definition) is 3. The fourth-order valence-electron chi connectivity index (χ4n) is 2.14. The van der Waals surface area contributed by atoms with Crippen molar-refractivity contribution in [1.82, 2.24) is 4.90 Å². The van der Waals surface area contributed by atoms with Gasteiger partial charge in [-0.2, -0.15) is 8.78 Å². The zero-order valence-corrected chi connectivity index (χ0v) is 14.9. The van der Waals surface area contributed by atoms with Crippen LogP contribution in [-0.4, -0.2) is 30.3 Å². The molecule has 0 aliphatic heterocycles. The molecule has 0 radical (unpaired) electrons. The predicted molar refractivity (Wildman–Crippen MR) is 98.4 cm³/mol. The van der Waals surface area contributed by atoms with E-state index >= 15 is 0 Å². The molecule has 2 rings (SSSR count). The van der Waals surface area contributed by atoms with Crippen LogP contribution in [0.4, 0.5) is 14.5 Å². The lowest BCUT2D eigenvalue weighted by Gasteiger charge is -2.21. The van der Waals surface area contributed by atoms with Crippen molar-refractivity contribution in [3.05, 3.63) is 54.1 Å². The summed E-state index contributed by atoms with van der Waals surface area (Å²) < 4.78 is 34.0. The molecule has 0 aliphatic rings. The van der Waals surface area contributed by atoms with Gasteiger partial charge in [-0.15, -0.1) is 0 Å². The van der Waals surface area contributed by atoms with Crippen LogP contribution in [0.3, 0.4) is 0 Å². The van der Waals surface area contributed by atoms with Crippen LogP contribution in [0.25, 0.3) is 0 Å². The van der Waals surface area contributed by atoms with E-state index in [2.05, 4.69) is 10.1 Å². The molecule has 134 valence electrons. The third-order valence-corrected chi connectivity index (χ3v) is 3.75. The number of benzene rings is 2. The smallest absolute Gasteiger partial charge is 0.387 e. The Morgan fingerprint density at radius 1 is 1.08 bits per heavy atom. The Labute approximate surface area is 151 Å². The molecule has 0 aliphatic carbocycles. The van der Waals surface area contributed by atoms with Gasteiger partial charge in [-0.25, -0.2) is 0 Å². The number of alkyl halides is 2. The second-order valence-electron chi connectivity index (χ2n) is 5.27. The first-order valence-electron chi connectivity index (χ1n) is 7.76. The third kappa shape index (κ3) is 6.19. The molecule has 0 aromatic heterocycles. The van der Waals surface area contributed by atoms with Gasteiger partial charge in [0.2, 0.25) is 0 Å². The van der Waals surface area contributed by atoms with Crippen molar-refractivity contribution >= 4 is 23.0 Å². The van der Waals surface area contributed by atoms with Gasteiger partial charge >= 0.3 is 6.61 Å². The summed E-state index contributed by atoms with van der Waals surface area (Å²) in [6.07, 6.45) is 0. The van der Waals surface area contributed by atoms with Crippen LogP contribution in [0.5, 0.6) is 11.5 Å². The monoisotopic (exact) mass is 366 g/mol. The van der Waals surface area contributed by atoms with E-state index in [9.17, 15) is 8.78 Å². The van der Waals surface area contributed by atoms with Crippen LogP contribution in [0.2, 0.25) is 0 Å². The Hall–Kier alpha value is -2.41. The van der Waals surface area contributed by atoms with Gasteiger partial charge in [-0.1, -0.05) is 12.1 Å². The van der Waals surface area contributed by atoms with Crippen LogP contribution in [0.15, 0.2) is 48.5 Å². The van der Waals surface area contributed by atoms with E-state index in [1.54, 1.807) is 12.1 Å². The van der Waals surface area contributed by atoms with Crippen molar-refractivity contribution in [1.29, 1.82) is 0 Å². The van der Waals surface area contributed by atoms with Crippen molar-refractivity contribution in [3.63, 3.8) is 0 Å². The molecule has 0 amide bonds. The Kier molecular flexibility index (Phi) is 6.94. The van der Waals surface area contributed by atoms with Crippen molar-refractivity contribution in [2.45, 2.75) is 20.1 Å². The van der Waals surface area contributed by atoms with Crippen LogP contribution < -0.4 is 14.8 Å². The maximum atomic E-state index is 12.1. The summed E-state index contributed by atoms with van der Waals surface area (Å²) in [6.45, 7) is 0.372. The molecular formula is C18H20F2N2O2S. The topological polar surface area (TPSA) is 33.7 Å². The first-order valence-corrected chi connectivity index (χ1v) is 8.17. The summed E-state index contributed by atoms with van der Waals surface area (Å²) >= 11 is 5.37. The number of rotatable bonds is 7. The summed E-state index contributed by atoms with van der Waals surface area (Å²) in [5, 5.41) is 3.59. The van der Waals surface area contributed by atoms with E-state index in [-0.39, 0.29) is 5.75 Å². The molecule has 0 saturated carbocycles. The molecule has 2 aromatic carbocycles. The van der Waals surface area contributed by atoms with E-state index < -0.39 is 6.61 Å². The Balaban J connectivity index is 1.89. The fraction of sp³-hybridized carbons (Fsp3) is 0.278. The lowest BCUT2D eigenvalue weighted by atomic mass is 10.2. The van der Waals surface area contributed by atoms with Crippen LogP contribution in [0, 0.1) is 0 Å². The maximum Gasteiger partial charge on any atom is 0.387 e. The number of halogens is 2. The van der Waals surface area contributed by atoms with Crippen LogP contribution >= 0.6 is 12.2 Å². The second-order valence-corrected chi connectivity index (χ2v) is 5.65. The number of nitrogens with one attached hydrogen (secondary N) is 1. The van der Waals surface area contributed by atoms with Gasteiger partial charge in [0.25, 0.3) is 0 Å². The maximum absolute atomic E-state index is 12.1. The molecule has 4 nitrogen and oxygen atoms in total. The lowest BCUT2D eigenvalue weighted by molar-refractivity contribution is -0.0498. The summed E-state index contributed by atoms with van der Waals surface area (Å²) in [5.41, 5.74) is 1.79. The minimum Gasteiger partial charge on any atom is -0.494 e. The molecule has 0 saturated heterocycles. The third-order valence-electron chi connectivity index (χ3n) is 3.33. The Morgan fingerprint density at radius 2 is 1.68 bits per heavy atom. The first kappa shape index (κ1) is 18.9. The van der Waals surface area contributed by atoms with E-state index in [4.69, 9.17) is 17.0 Å². The lowest BCUT2D eigenvalue weighted by Crippen LogP contribution is -2.30. The quantitative estimate of drug-likeness (QED) is 0.729. The SMILES string of the molecule is CCOc1ccc(CN(C)C(=S)Nc2ccc(OC(F)F)cc2)cc1. The van der Waals surface area contributed by atoms with Crippen molar-refractivity contribution in [3.8, 4) is 11.5 Å². The average Bonchev–Trinajstić information content (AvgIpc) is 2.58. The summed E-state index contributed by atoms with van der Waals surface area (Å²) in [6, 6.07) is 14.0. The number of anilines is 1. The molecule has 0 atom stereocenters. The first-order chi connectivity index (χ1) is 12.0. The van der Waals surface area contributed by atoms with Crippen molar-refractivity contribution < 1.29 is 18.3 Å². The van der Waals surface area contributed by atoms with Crippen molar-refractivity contribution in [2.75, 3.05) is 19.0 Å². The Morgan fingerprint density at radius 3 is 2.24 bits per heavy atom. The molecular weight excluding hydrogens is 346 g/mol. The second kappa shape index (κ2) is 9.17. The number of ether oxygens (including phenoxy) is 2. The molecule has 1 N–H and O–H groups in total. The summed E-state index contributed by atoms with van der Waals surface area (Å²) in [7, 11) is 1.88. The van der Waals surface area contributed by atoms with Gasteiger partial charge in [0.05, 0.1) is 6.61 Å². The molecule has 2 aromatic rings. The Bertz CT molecular complexity index is 678. The minimum atomic E-state index is -2.83. The van der Waals surface area contributed by atoms with E-state index in [0.717, 1.165) is 11.3 Å². The average molecular weight is 366 g/mol. The molecule has 0 bridgehead atoms. The van der Waals surface area contributed by atoms with E-state index in [1.165, 1.54) is 12.1 Å². The molecule has 0 fully saturated rings. The van der Waals surface area contributed by atoms with E-state index in [1.807, 2.05) is 43.1 Å². The number of thiocarbonyl (C=S) groups is 1. The van der Waals surface area contributed by atoms with Crippen LogP contribution in [0.1, 0.15) is 12.5 Å². The highest BCUT2D eigenvalue weighted by Crippen LogP contribution is 2.18. The van der Waals surface area contributed by atoms with Gasteiger partial charge < -0.3 is 19.7 Å². The zero-order chi connectivity index (χ0) is 18.2.